The largest absolute Gasteiger partial charge is 0.507 e. The highest BCUT2D eigenvalue weighted by atomic mass is 35.5. The van der Waals surface area contributed by atoms with Crippen LogP contribution >= 0.6 is 11.6 Å². The van der Waals surface area contributed by atoms with Gasteiger partial charge in [-0.3, -0.25) is 85.5 Å². The van der Waals surface area contributed by atoms with Crippen LogP contribution in [0.5, 0.6) is 0 Å². The van der Waals surface area contributed by atoms with Crippen LogP contribution in [-0.2, 0) is 53.4 Å². The fraction of sp³-hybridized carbons (Fsp3) is 0.250. The molecule has 0 saturated heterocycles. The molecule has 1 aliphatic heterocycles. The van der Waals surface area contributed by atoms with E-state index in [4.69, 9.17) is 49.1 Å². The number of ether oxygens (including phenoxy) is 3. The highest BCUT2D eigenvalue weighted by molar-refractivity contribution is 7.79. The number of nitrogens with zero attached hydrogens (tertiary/aromatic N) is 2. The second kappa shape index (κ2) is 33.4. The van der Waals surface area contributed by atoms with Gasteiger partial charge in [-0.15, -0.1) is 11.6 Å². The van der Waals surface area contributed by atoms with Crippen LogP contribution in [0.25, 0.3) is 5.76 Å². The third-order valence-corrected chi connectivity index (χ3v) is 13.6. The average molecular weight is 1330 g/mol. The van der Waals surface area contributed by atoms with Gasteiger partial charge in [-0.2, -0.15) is 8.42 Å². The molecule has 4 aromatic carbocycles. The first-order valence-electron chi connectivity index (χ1n) is 27.3. The van der Waals surface area contributed by atoms with E-state index in [1.54, 1.807) is 106 Å². The van der Waals surface area contributed by atoms with Crippen molar-refractivity contribution in [2.24, 2.45) is 0 Å². The van der Waals surface area contributed by atoms with Crippen molar-refractivity contribution in [3.63, 3.8) is 0 Å². The number of allylic oxidation sites excluding steroid dienone is 3. The van der Waals surface area contributed by atoms with Crippen molar-refractivity contribution in [3.8, 4) is 0 Å². The molecule has 0 spiro atoms. The topological polar surface area (TPSA) is 401 Å². The average Bonchev–Trinajstić information content (AvgIpc) is 1.56. The van der Waals surface area contributed by atoms with Crippen LogP contribution < -0.4 is 0 Å². The number of ketones is 14. The molecule has 0 bridgehead atoms. The Bertz CT molecular complexity index is 4010. The van der Waals surface area contributed by atoms with Gasteiger partial charge in [0.1, 0.15) is 17.2 Å². The zero-order valence-electron chi connectivity index (χ0n) is 52.4. The van der Waals surface area contributed by atoms with Crippen LogP contribution in [0.1, 0.15) is 136 Å². The van der Waals surface area contributed by atoms with Crippen molar-refractivity contribution in [2.45, 2.75) is 58.1 Å². The van der Waals surface area contributed by atoms with E-state index < -0.39 is 86.7 Å². The summed E-state index contributed by atoms with van der Waals surface area (Å²) in [6.07, 6.45) is 0.334. The maximum absolute atomic E-state index is 12.5. The number of alkyl halides is 2. The number of halogens is 2. The van der Waals surface area contributed by atoms with E-state index in [1.165, 1.54) is 57.3 Å². The number of hydrogen-bond donors (Lipinski definition) is 4. The number of aliphatic hydroxyl groups excluding tert-OH is 2. The van der Waals surface area contributed by atoms with Gasteiger partial charge in [0.2, 0.25) is 41.1 Å². The van der Waals surface area contributed by atoms with Gasteiger partial charge in [-0.25, -0.2) is 0 Å². The monoisotopic (exact) mass is 1330 g/mol. The summed E-state index contributed by atoms with van der Waals surface area (Å²) in [6, 6.07) is 26.8. The molecule has 26 nitrogen and oxygen atoms in total. The van der Waals surface area contributed by atoms with Crippen molar-refractivity contribution in [3.05, 3.63) is 194 Å². The Hall–Kier alpha value is -9.91. The van der Waals surface area contributed by atoms with Crippen molar-refractivity contribution < 1.29 is 119 Å². The number of Topliss-reactive ketones (excluding diaryl/α,β-unsaturated/α-hetero) is 11. The van der Waals surface area contributed by atoms with Gasteiger partial charge in [0.15, 0.2) is 63.5 Å². The molecule has 0 fully saturated rings. The summed E-state index contributed by atoms with van der Waals surface area (Å²) < 4.78 is 67.3. The zero-order chi connectivity index (χ0) is 71.6. The summed E-state index contributed by atoms with van der Waals surface area (Å²) in [7, 11) is 4.70. The molecule has 0 amide bonds. The highest BCUT2D eigenvalue weighted by Crippen LogP contribution is 2.42. The SMILES string of the molecule is CC(=O)C(Cl)C(C)=O.CC(=O)C1(C(C)=O)OC2=C(C(=O)c3ccccc3C2=O)C1O.CC(=O)c1cc2c(o1)C(=O)c1ccccc1C2=O.CN(C)/C=C1/C(=O)C(=O)c2ccccc2C1=O.COC(OC)N(C)C.O=C1C=C(O)c2ccccc2C1=O.O=S(=O)(O)O.[2H]CF. The maximum Gasteiger partial charge on any atom is 0.394 e. The van der Waals surface area contributed by atoms with Gasteiger partial charge in [-0.05, 0) is 47.9 Å². The molecule has 93 heavy (non-hydrogen) atoms. The normalized spacial score (nSPS) is 15.7. The van der Waals surface area contributed by atoms with Crippen molar-refractivity contribution in [1.82, 2.24) is 9.80 Å². The Morgan fingerprint density at radius 2 is 0.989 bits per heavy atom. The van der Waals surface area contributed by atoms with Gasteiger partial charge in [0, 0.05) is 92.0 Å². The summed E-state index contributed by atoms with van der Waals surface area (Å²) in [5.74, 6) is -7.80. The number of benzene rings is 4. The van der Waals surface area contributed by atoms with Crippen LogP contribution in [0.2, 0.25) is 0 Å². The minimum absolute atomic E-state index is 0.0366. The number of hydrogen-bond acceptors (Lipinski definition) is 24. The molecule has 1 aromatic heterocycles. The van der Waals surface area contributed by atoms with Gasteiger partial charge in [0.05, 0.1) is 25.2 Å². The van der Waals surface area contributed by atoms with Crippen molar-refractivity contribution >= 4 is 109 Å². The first-order valence-corrected chi connectivity index (χ1v) is 28.4. The third kappa shape index (κ3) is 18.4. The Morgan fingerprint density at radius 3 is 1.35 bits per heavy atom. The molecule has 1 unspecified atom stereocenters. The number of carbonyl (C=O) groups excluding carboxylic acids is 14. The lowest BCUT2D eigenvalue weighted by Gasteiger charge is -2.27. The lowest BCUT2D eigenvalue weighted by Crippen LogP contribution is -2.53. The first-order chi connectivity index (χ1) is 43.8. The Balaban J connectivity index is 0.000000296. The van der Waals surface area contributed by atoms with Crippen LogP contribution in [-0.4, -0.2) is 192 Å². The van der Waals surface area contributed by atoms with E-state index in [0.717, 1.165) is 19.9 Å². The van der Waals surface area contributed by atoms with E-state index in [9.17, 15) is 81.7 Å². The number of methoxy groups -OCH3 is 2. The van der Waals surface area contributed by atoms with E-state index in [1.807, 2.05) is 19.0 Å². The Morgan fingerprint density at radius 1 is 0.613 bits per heavy atom. The second-order valence-electron chi connectivity index (χ2n) is 20.0. The van der Waals surface area contributed by atoms with Crippen LogP contribution in [0.3, 0.4) is 0 Å². The quantitative estimate of drug-likeness (QED) is 0.0184. The zero-order valence-corrected chi connectivity index (χ0v) is 53.0. The molecule has 0 radical (unpaired) electrons. The van der Waals surface area contributed by atoms with E-state index >= 15 is 0 Å². The standard InChI is InChI=1S/C16H12O6.C14H8O4.C13H11NO3.C10H6O3.C5H7ClO2.C5H13NO2.CH3F.H2O4S/c1-7(17)16(8(2)18)15(21)11-12(19)9-5-3-4-6-10(9)13(20)14(11)22-16;1-7(15)11-6-10-12(16)8-4-2-3-5-9(8)13(17)14(10)18-11;1-14(2)7-10-11(15)8-5-3-4-6-9(8)12(16)13(10)17;11-8-5-9(12)10(13)7-4-2-1-3-6(7)8;1-3(7)5(6)4(2)8;1-6(2)5(7-3)8-4;1-2;1-5(2,3)4/h3-6,15,21H,1-2H3;2-6H,1H3;3-7H,1-2H3;1-5,11H;5H,1-2H3;5H,1-4H3;1H3;(H2,1,2,3,4)/b;;10-7+;;;;;/i;;;;;;1D;. The number of aliphatic hydroxyl groups is 2. The molecule has 4 N–H and O–H groups in total. The molecular formula is C64H62ClFN2O24S. The summed E-state index contributed by atoms with van der Waals surface area (Å²) >= 11 is 5.25. The molecule has 29 heteroatoms. The van der Waals surface area contributed by atoms with E-state index in [-0.39, 0.29) is 97.4 Å². The van der Waals surface area contributed by atoms with Crippen molar-refractivity contribution in [2.75, 3.05) is 49.6 Å². The van der Waals surface area contributed by atoms with Crippen molar-refractivity contribution in [1.29, 1.82) is 0 Å². The molecule has 0 saturated carbocycles. The Kier molecular flexibility index (Phi) is 27.1. The third-order valence-electron chi connectivity index (χ3n) is 13.0. The van der Waals surface area contributed by atoms with Gasteiger partial charge in [0.25, 0.3) is 5.60 Å². The highest BCUT2D eigenvalue weighted by Gasteiger charge is 2.61. The minimum Gasteiger partial charge on any atom is -0.507 e. The minimum atomic E-state index is -4.67. The van der Waals surface area contributed by atoms with Gasteiger partial charge in [-0.1, -0.05) is 97.1 Å². The fourth-order valence-electron chi connectivity index (χ4n) is 8.82. The van der Waals surface area contributed by atoms with Crippen LogP contribution in [0, 0.1) is 0 Å². The summed E-state index contributed by atoms with van der Waals surface area (Å²) in [5.41, 5.74) is -0.346. The van der Waals surface area contributed by atoms with Gasteiger partial charge >= 0.3 is 10.4 Å². The van der Waals surface area contributed by atoms with E-state index in [0.29, 0.717) is 22.3 Å². The molecule has 492 valence electrons. The Labute approximate surface area is 537 Å². The number of furan rings is 1. The molecule has 10 rings (SSSR count). The fourth-order valence-corrected chi connectivity index (χ4v) is 8.82. The first kappa shape index (κ1) is 75.5. The smallest absolute Gasteiger partial charge is 0.394 e. The lowest BCUT2D eigenvalue weighted by molar-refractivity contribution is -0.179. The number of rotatable bonds is 9. The summed E-state index contributed by atoms with van der Waals surface area (Å²) in [5, 5.41) is 18.8. The van der Waals surface area contributed by atoms with Crippen LogP contribution in [0.15, 0.2) is 137 Å². The summed E-state index contributed by atoms with van der Waals surface area (Å²) in [4.78, 5) is 166. The second-order valence-corrected chi connectivity index (χ2v) is 21.3. The van der Waals surface area contributed by atoms with Crippen LogP contribution in [0.4, 0.5) is 4.39 Å². The molecule has 4 aliphatic carbocycles. The molecule has 5 aromatic rings. The summed E-state index contributed by atoms with van der Waals surface area (Å²) in [6.45, 7) is 6.06. The molecular weight excluding hydrogens is 1270 g/mol. The number of fused-ring (bicyclic) bond motifs is 5. The lowest BCUT2D eigenvalue weighted by atomic mass is 9.80. The molecule has 1 atom stereocenters. The predicted molar refractivity (Wildman–Crippen MR) is 327 cm³/mol. The molecule has 2 heterocycles. The maximum atomic E-state index is 12.5. The number of carbonyl (C=O) groups is 14. The molecule has 5 aliphatic rings. The van der Waals surface area contributed by atoms with Gasteiger partial charge < -0.3 is 33.7 Å². The predicted octanol–water partition coefficient (Wildman–Crippen LogP) is 6.15. The van der Waals surface area contributed by atoms with E-state index in [2.05, 4.69) is 0 Å².